The Hall–Kier alpha value is -2.83. The van der Waals surface area contributed by atoms with E-state index in [4.69, 9.17) is 9.47 Å². The highest BCUT2D eigenvalue weighted by atomic mass is 16.5. The minimum atomic E-state index is -0.563. The normalized spacial score (nSPS) is 10.2. The van der Waals surface area contributed by atoms with Crippen LogP contribution >= 0.6 is 0 Å². The van der Waals surface area contributed by atoms with Crippen molar-refractivity contribution in [1.29, 1.82) is 0 Å². The highest BCUT2D eigenvalue weighted by Crippen LogP contribution is 2.37. The first-order valence-electron chi connectivity index (χ1n) is 9.44. The Labute approximate surface area is 164 Å². The van der Waals surface area contributed by atoms with Gasteiger partial charge in [-0.15, -0.1) is 0 Å². The molecule has 0 bridgehead atoms. The number of aryl methyl sites for hydroxylation is 1. The molecular weight excluding hydrogens is 364 g/mol. The molecule has 1 aromatic rings. The number of hydrogen-bond donors (Lipinski definition) is 0. The molecule has 28 heavy (non-hydrogen) atoms. The Balaban J connectivity index is 3.21. The zero-order valence-electron chi connectivity index (χ0n) is 16.3. The van der Waals surface area contributed by atoms with Crippen LogP contribution < -0.4 is 9.47 Å². The summed E-state index contributed by atoms with van der Waals surface area (Å²) in [5.41, 5.74) is 1.33. The second-order valence-corrected chi connectivity index (χ2v) is 6.15. The lowest BCUT2D eigenvalue weighted by atomic mass is 9.99. The van der Waals surface area contributed by atoms with Gasteiger partial charge in [-0.2, -0.15) is 0 Å². The Bertz CT molecular complexity index is 722. The van der Waals surface area contributed by atoms with E-state index in [2.05, 4.69) is 0 Å². The first kappa shape index (κ1) is 23.2. The third-order valence-electron chi connectivity index (χ3n) is 4.13. The molecular formula is C21H26O7. The van der Waals surface area contributed by atoms with Gasteiger partial charge < -0.3 is 19.1 Å². The molecule has 0 unspecified atom stereocenters. The van der Waals surface area contributed by atoms with E-state index < -0.39 is 11.9 Å². The van der Waals surface area contributed by atoms with Crippen LogP contribution in [0.3, 0.4) is 0 Å². The number of carbonyl (C=O) groups is 5. The van der Waals surface area contributed by atoms with Gasteiger partial charge in [-0.1, -0.05) is 13.8 Å². The predicted molar refractivity (Wildman–Crippen MR) is 102 cm³/mol. The molecule has 0 aliphatic carbocycles. The van der Waals surface area contributed by atoms with Crippen molar-refractivity contribution in [3.05, 3.63) is 22.8 Å². The van der Waals surface area contributed by atoms with Crippen molar-refractivity contribution >= 4 is 30.8 Å². The number of ether oxygens (including phenoxy) is 2. The Morgan fingerprint density at radius 2 is 1.39 bits per heavy atom. The number of benzene rings is 1. The molecule has 152 valence electrons. The smallest absolute Gasteiger partial charge is 0.311 e. The fourth-order valence-electron chi connectivity index (χ4n) is 2.70. The Kier molecular flexibility index (Phi) is 10.4. The summed E-state index contributed by atoms with van der Waals surface area (Å²) in [7, 11) is 0. The summed E-state index contributed by atoms with van der Waals surface area (Å²) in [5.74, 6) is -0.676. The zero-order valence-corrected chi connectivity index (χ0v) is 16.3. The highest BCUT2D eigenvalue weighted by Gasteiger charge is 2.22. The van der Waals surface area contributed by atoms with Crippen LogP contribution in [0.15, 0.2) is 6.07 Å². The van der Waals surface area contributed by atoms with Gasteiger partial charge in [0.1, 0.15) is 24.1 Å². The summed E-state index contributed by atoms with van der Waals surface area (Å²) >= 11 is 0. The van der Waals surface area contributed by atoms with Gasteiger partial charge in [0.25, 0.3) is 0 Å². The quantitative estimate of drug-likeness (QED) is 0.220. The van der Waals surface area contributed by atoms with Crippen molar-refractivity contribution in [1.82, 2.24) is 0 Å². The molecule has 0 atom stereocenters. The second-order valence-electron chi connectivity index (χ2n) is 6.15. The SMILES string of the molecule is CCc1cc(C=O)c(OC(=O)CCCC=O)c(CC)c1OC(=O)CCCC=O. The third-order valence-corrected chi connectivity index (χ3v) is 4.13. The fraction of sp³-hybridized carbons (Fsp3) is 0.476. The third kappa shape index (κ3) is 6.72. The van der Waals surface area contributed by atoms with Crippen LogP contribution in [0.5, 0.6) is 11.5 Å². The number of carbonyl (C=O) groups excluding carboxylic acids is 5. The first-order chi connectivity index (χ1) is 13.5. The molecule has 0 amide bonds. The van der Waals surface area contributed by atoms with Crippen molar-refractivity contribution in [2.75, 3.05) is 0 Å². The lowest BCUT2D eigenvalue weighted by Crippen LogP contribution is -2.15. The molecule has 0 heterocycles. The molecule has 0 saturated carbocycles. The topological polar surface area (TPSA) is 104 Å². The molecule has 0 fully saturated rings. The summed E-state index contributed by atoms with van der Waals surface area (Å²) in [4.78, 5) is 56.6. The van der Waals surface area contributed by atoms with Gasteiger partial charge in [0.2, 0.25) is 0 Å². The number of hydrogen-bond acceptors (Lipinski definition) is 7. The average Bonchev–Trinajstić information content (AvgIpc) is 2.68. The van der Waals surface area contributed by atoms with E-state index in [0.29, 0.717) is 48.8 Å². The van der Waals surface area contributed by atoms with E-state index in [-0.39, 0.29) is 37.0 Å². The summed E-state index contributed by atoms with van der Waals surface area (Å²) in [5, 5.41) is 0. The van der Waals surface area contributed by atoms with Crippen molar-refractivity contribution in [2.24, 2.45) is 0 Å². The number of rotatable bonds is 13. The maximum atomic E-state index is 12.1. The molecule has 1 rings (SSSR count). The van der Waals surface area contributed by atoms with Crippen molar-refractivity contribution < 1.29 is 33.4 Å². The minimum absolute atomic E-state index is 0.0382. The monoisotopic (exact) mass is 390 g/mol. The van der Waals surface area contributed by atoms with Crippen LogP contribution in [0.4, 0.5) is 0 Å². The van der Waals surface area contributed by atoms with Crippen molar-refractivity contribution in [2.45, 2.75) is 65.2 Å². The second kappa shape index (κ2) is 12.5. The zero-order chi connectivity index (χ0) is 20.9. The van der Waals surface area contributed by atoms with Gasteiger partial charge in [0, 0.05) is 31.2 Å². The van der Waals surface area contributed by atoms with E-state index >= 15 is 0 Å². The maximum Gasteiger partial charge on any atom is 0.311 e. The van der Waals surface area contributed by atoms with E-state index in [9.17, 15) is 24.0 Å². The van der Waals surface area contributed by atoms with Gasteiger partial charge in [0.05, 0.1) is 5.56 Å². The lowest BCUT2D eigenvalue weighted by molar-refractivity contribution is -0.135. The highest BCUT2D eigenvalue weighted by molar-refractivity contribution is 5.86. The van der Waals surface area contributed by atoms with Crippen LogP contribution in [0, 0.1) is 0 Å². The van der Waals surface area contributed by atoms with E-state index in [0.717, 1.165) is 12.6 Å². The molecule has 1 aromatic carbocycles. The summed E-state index contributed by atoms with van der Waals surface area (Å²) < 4.78 is 10.9. The Morgan fingerprint density at radius 3 is 1.82 bits per heavy atom. The van der Waals surface area contributed by atoms with Crippen molar-refractivity contribution in [3.8, 4) is 11.5 Å². The predicted octanol–water partition coefficient (Wildman–Crippen LogP) is 3.17. The van der Waals surface area contributed by atoms with Crippen LogP contribution in [0.1, 0.15) is 73.9 Å². The molecule has 0 radical (unpaired) electrons. The van der Waals surface area contributed by atoms with Crippen LogP contribution in [0.2, 0.25) is 0 Å². The Morgan fingerprint density at radius 1 is 0.857 bits per heavy atom. The first-order valence-corrected chi connectivity index (χ1v) is 9.44. The molecule has 7 nitrogen and oxygen atoms in total. The van der Waals surface area contributed by atoms with Crippen molar-refractivity contribution in [3.63, 3.8) is 0 Å². The van der Waals surface area contributed by atoms with Gasteiger partial charge in [0.15, 0.2) is 6.29 Å². The number of esters is 2. The van der Waals surface area contributed by atoms with Crippen LogP contribution in [-0.4, -0.2) is 30.8 Å². The molecule has 7 heteroatoms. The van der Waals surface area contributed by atoms with E-state index in [1.54, 1.807) is 13.0 Å². The molecule has 0 N–H and O–H groups in total. The summed E-state index contributed by atoms with van der Waals surface area (Å²) in [6.45, 7) is 3.66. The maximum absolute atomic E-state index is 12.1. The van der Waals surface area contributed by atoms with E-state index in [1.807, 2.05) is 6.92 Å². The number of unbranched alkanes of at least 4 members (excludes halogenated alkanes) is 2. The van der Waals surface area contributed by atoms with Gasteiger partial charge >= 0.3 is 11.9 Å². The minimum Gasteiger partial charge on any atom is -0.426 e. The van der Waals surface area contributed by atoms with Gasteiger partial charge in [-0.25, -0.2) is 0 Å². The molecule has 0 aromatic heterocycles. The summed E-state index contributed by atoms with van der Waals surface area (Å²) in [6, 6.07) is 1.55. The summed E-state index contributed by atoms with van der Waals surface area (Å²) in [6.07, 6.45) is 4.32. The average molecular weight is 390 g/mol. The molecule has 0 saturated heterocycles. The van der Waals surface area contributed by atoms with Crippen LogP contribution in [0.25, 0.3) is 0 Å². The van der Waals surface area contributed by atoms with Crippen LogP contribution in [-0.2, 0) is 32.0 Å². The largest absolute Gasteiger partial charge is 0.426 e. The molecule has 0 aliphatic heterocycles. The lowest BCUT2D eigenvalue weighted by Gasteiger charge is -2.18. The molecule has 0 spiro atoms. The van der Waals surface area contributed by atoms with Gasteiger partial charge in [-0.3, -0.25) is 14.4 Å². The van der Waals surface area contributed by atoms with Gasteiger partial charge in [-0.05, 0) is 37.3 Å². The molecule has 0 aliphatic rings. The van der Waals surface area contributed by atoms with E-state index in [1.165, 1.54) is 0 Å². The fourth-order valence-corrected chi connectivity index (χ4v) is 2.70. The standard InChI is InChI=1S/C21H26O7/c1-3-15-13-16(14-24)21(28-19(26)10-6-8-12-23)17(4-2)20(15)27-18(25)9-5-7-11-22/h11-14H,3-10H2,1-2H3. The number of aldehydes is 3.